The van der Waals surface area contributed by atoms with Crippen molar-refractivity contribution in [3.63, 3.8) is 0 Å². The second-order valence-electron chi connectivity index (χ2n) is 7.32. The van der Waals surface area contributed by atoms with Gasteiger partial charge in [-0.05, 0) is 43.2 Å². The molecule has 3 aromatic heterocycles. The van der Waals surface area contributed by atoms with Gasteiger partial charge in [0.1, 0.15) is 17.0 Å². The van der Waals surface area contributed by atoms with Crippen LogP contribution in [0.4, 0.5) is 5.69 Å². The number of fused-ring (bicyclic) bond motifs is 2. The summed E-state index contributed by atoms with van der Waals surface area (Å²) in [6, 6.07) is 15.1. The van der Waals surface area contributed by atoms with Crippen LogP contribution in [0.2, 0.25) is 0 Å². The van der Waals surface area contributed by atoms with Gasteiger partial charge in [-0.1, -0.05) is 37.6 Å². The van der Waals surface area contributed by atoms with Gasteiger partial charge in [0, 0.05) is 25.5 Å². The standard InChI is InChI=1S/C23H24N4O2/c1-4-5-13-26(17-9-7-6-8-10-17)23(29)19-14-18-21(25(19)3)24-20-12-11-16(2)15-27(20)22(18)28/h6-12,14-15H,4-5,13H2,1-3H3. The lowest BCUT2D eigenvalue weighted by atomic mass is 10.2. The number of aromatic nitrogens is 3. The van der Waals surface area contributed by atoms with Gasteiger partial charge in [0.15, 0.2) is 0 Å². The highest BCUT2D eigenvalue weighted by Crippen LogP contribution is 2.21. The number of anilines is 1. The van der Waals surface area contributed by atoms with E-state index in [9.17, 15) is 9.59 Å². The summed E-state index contributed by atoms with van der Waals surface area (Å²) in [4.78, 5) is 32.9. The molecule has 0 aliphatic heterocycles. The first kappa shape index (κ1) is 18.9. The average molecular weight is 388 g/mol. The molecule has 6 nitrogen and oxygen atoms in total. The quantitative estimate of drug-likeness (QED) is 0.520. The number of pyridine rings is 1. The molecule has 0 atom stereocenters. The molecule has 0 bridgehead atoms. The van der Waals surface area contributed by atoms with Crippen molar-refractivity contribution in [2.24, 2.45) is 7.05 Å². The Morgan fingerprint density at radius 2 is 1.90 bits per heavy atom. The molecule has 6 heteroatoms. The predicted molar refractivity (Wildman–Crippen MR) is 116 cm³/mol. The first-order valence-corrected chi connectivity index (χ1v) is 9.86. The van der Waals surface area contributed by atoms with Gasteiger partial charge in [-0.25, -0.2) is 4.98 Å². The molecular weight excluding hydrogens is 364 g/mol. The molecule has 0 aliphatic carbocycles. The molecule has 148 valence electrons. The lowest BCUT2D eigenvalue weighted by Crippen LogP contribution is -2.33. The average Bonchev–Trinajstić information content (AvgIpc) is 3.06. The molecular formula is C23H24N4O2. The van der Waals surface area contributed by atoms with Crippen molar-refractivity contribution in [1.82, 2.24) is 14.0 Å². The minimum Gasteiger partial charge on any atom is -0.324 e. The van der Waals surface area contributed by atoms with Crippen molar-refractivity contribution in [3.8, 4) is 0 Å². The van der Waals surface area contributed by atoms with E-state index in [4.69, 9.17) is 0 Å². The van der Waals surface area contributed by atoms with Gasteiger partial charge in [-0.2, -0.15) is 0 Å². The minimum atomic E-state index is -0.164. The molecule has 0 radical (unpaired) electrons. The van der Waals surface area contributed by atoms with Gasteiger partial charge in [-0.15, -0.1) is 0 Å². The Kier molecular flexibility index (Phi) is 4.92. The molecule has 0 saturated carbocycles. The smallest absolute Gasteiger partial charge is 0.274 e. The maximum atomic E-state index is 13.5. The van der Waals surface area contributed by atoms with Crippen molar-refractivity contribution in [1.29, 1.82) is 0 Å². The highest BCUT2D eigenvalue weighted by atomic mass is 16.2. The van der Waals surface area contributed by atoms with Crippen LogP contribution in [0, 0.1) is 6.92 Å². The van der Waals surface area contributed by atoms with Gasteiger partial charge in [0.2, 0.25) is 0 Å². The van der Waals surface area contributed by atoms with Gasteiger partial charge in [0.05, 0.1) is 5.39 Å². The summed E-state index contributed by atoms with van der Waals surface area (Å²) in [5.41, 5.74) is 3.20. The maximum Gasteiger partial charge on any atom is 0.274 e. The number of carbonyl (C=O) groups excluding carboxylic acids is 1. The Bertz CT molecular complexity index is 1250. The van der Waals surface area contributed by atoms with Crippen LogP contribution in [0.15, 0.2) is 59.5 Å². The van der Waals surface area contributed by atoms with Crippen LogP contribution in [0.1, 0.15) is 35.8 Å². The predicted octanol–water partition coefficient (Wildman–Crippen LogP) is 3.94. The van der Waals surface area contributed by atoms with Crippen LogP contribution >= 0.6 is 0 Å². The first-order chi connectivity index (χ1) is 14.0. The molecule has 3 heterocycles. The Hall–Kier alpha value is -3.41. The maximum absolute atomic E-state index is 13.5. The number of para-hydroxylation sites is 1. The van der Waals surface area contributed by atoms with Crippen molar-refractivity contribution >= 4 is 28.3 Å². The number of nitrogens with zero attached hydrogens (tertiary/aromatic N) is 4. The second kappa shape index (κ2) is 7.54. The van der Waals surface area contributed by atoms with Crippen LogP contribution in [-0.4, -0.2) is 26.4 Å². The first-order valence-electron chi connectivity index (χ1n) is 9.86. The summed E-state index contributed by atoms with van der Waals surface area (Å²) in [7, 11) is 1.79. The second-order valence-corrected chi connectivity index (χ2v) is 7.32. The molecule has 0 saturated heterocycles. The van der Waals surface area contributed by atoms with E-state index in [-0.39, 0.29) is 11.5 Å². The lowest BCUT2D eigenvalue weighted by Gasteiger charge is -2.23. The minimum absolute atomic E-state index is 0.130. The molecule has 4 rings (SSSR count). The zero-order valence-electron chi connectivity index (χ0n) is 16.9. The normalized spacial score (nSPS) is 11.3. The summed E-state index contributed by atoms with van der Waals surface area (Å²) in [5, 5.41) is 0.447. The zero-order chi connectivity index (χ0) is 20.5. The third-order valence-corrected chi connectivity index (χ3v) is 5.21. The molecule has 0 aliphatic rings. The molecule has 1 aromatic carbocycles. The summed E-state index contributed by atoms with van der Waals surface area (Å²) in [6.45, 7) is 4.65. The monoisotopic (exact) mass is 388 g/mol. The van der Waals surface area contributed by atoms with Crippen LogP contribution in [-0.2, 0) is 7.05 Å². The lowest BCUT2D eigenvalue weighted by molar-refractivity contribution is 0.0979. The van der Waals surface area contributed by atoms with Gasteiger partial charge in [-0.3, -0.25) is 14.0 Å². The molecule has 29 heavy (non-hydrogen) atoms. The van der Waals surface area contributed by atoms with Crippen LogP contribution in [0.25, 0.3) is 16.7 Å². The van der Waals surface area contributed by atoms with E-state index in [1.807, 2.05) is 49.4 Å². The fourth-order valence-corrected chi connectivity index (χ4v) is 3.59. The van der Waals surface area contributed by atoms with E-state index in [2.05, 4.69) is 11.9 Å². The number of carbonyl (C=O) groups is 1. The summed E-state index contributed by atoms with van der Waals surface area (Å²) >= 11 is 0. The topological polar surface area (TPSA) is 59.6 Å². The van der Waals surface area contributed by atoms with Crippen molar-refractivity contribution in [2.75, 3.05) is 11.4 Å². The van der Waals surface area contributed by atoms with E-state index >= 15 is 0 Å². The number of hydrogen-bond acceptors (Lipinski definition) is 3. The third kappa shape index (κ3) is 3.31. The Labute approximate surface area is 169 Å². The van der Waals surface area contributed by atoms with E-state index in [1.165, 1.54) is 4.40 Å². The highest BCUT2D eigenvalue weighted by molar-refractivity contribution is 6.07. The van der Waals surface area contributed by atoms with Gasteiger partial charge >= 0.3 is 0 Å². The zero-order valence-corrected chi connectivity index (χ0v) is 16.9. The van der Waals surface area contributed by atoms with Crippen LogP contribution in [0.5, 0.6) is 0 Å². The van der Waals surface area contributed by atoms with Crippen molar-refractivity contribution in [3.05, 3.63) is 76.3 Å². The van der Waals surface area contributed by atoms with E-state index in [0.717, 1.165) is 24.1 Å². The highest BCUT2D eigenvalue weighted by Gasteiger charge is 2.23. The van der Waals surface area contributed by atoms with Crippen molar-refractivity contribution in [2.45, 2.75) is 26.7 Å². The van der Waals surface area contributed by atoms with E-state index in [1.54, 1.807) is 28.8 Å². The number of rotatable bonds is 5. The number of benzene rings is 1. The van der Waals surface area contributed by atoms with Crippen molar-refractivity contribution < 1.29 is 4.79 Å². The van der Waals surface area contributed by atoms with Crippen LogP contribution < -0.4 is 10.5 Å². The molecule has 1 amide bonds. The fraction of sp³-hybridized carbons (Fsp3) is 0.261. The summed E-state index contributed by atoms with van der Waals surface area (Å²) in [5.74, 6) is -0.130. The van der Waals surface area contributed by atoms with E-state index in [0.29, 0.717) is 28.9 Å². The van der Waals surface area contributed by atoms with Crippen LogP contribution in [0.3, 0.4) is 0 Å². The Morgan fingerprint density at radius 3 is 2.62 bits per heavy atom. The molecule has 4 aromatic rings. The Morgan fingerprint density at radius 1 is 1.14 bits per heavy atom. The molecule has 0 unspecified atom stereocenters. The molecule has 0 spiro atoms. The molecule has 0 N–H and O–H groups in total. The number of hydrogen-bond donors (Lipinski definition) is 0. The molecule has 0 fully saturated rings. The van der Waals surface area contributed by atoms with E-state index < -0.39 is 0 Å². The van der Waals surface area contributed by atoms with Gasteiger partial charge in [0.25, 0.3) is 11.5 Å². The largest absolute Gasteiger partial charge is 0.324 e. The third-order valence-electron chi connectivity index (χ3n) is 5.21. The SMILES string of the molecule is CCCCN(C(=O)c1cc2c(=O)n3cc(C)ccc3nc2n1C)c1ccccc1. The summed E-state index contributed by atoms with van der Waals surface area (Å²) in [6.07, 6.45) is 3.66. The fourth-order valence-electron chi connectivity index (χ4n) is 3.59. The Balaban J connectivity index is 1.86. The number of amides is 1. The van der Waals surface area contributed by atoms with Gasteiger partial charge < -0.3 is 9.47 Å². The summed E-state index contributed by atoms with van der Waals surface area (Å²) < 4.78 is 3.26. The number of unbranched alkanes of at least 4 members (excludes halogenated alkanes) is 1. The number of aryl methyl sites for hydroxylation is 2.